The molecular formula is C19H13ClFN3OS. The molecule has 0 atom stereocenters. The lowest BCUT2D eigenvalue weighted by Crippen LogP contribution is -1.92. The molecule has 130 valence electrons. The minimum Gasteiger partial charge on any atom is -0.497 e. The Bertz CT molecular complexity index is 1010. The normalized spacial score (nSPS) is 11.1. The molecule has 0 spiro atoms. The molecule has 1 aromatic heterocycles. The highest BCUT2D eigenvalue weighted by atomic mass is 35.5. The van der Waals surface area contributed by atoms with Gasteiger partial charge in [0, 0.05) is 22.8 Å². The van der Waals surface area contributed by atoms with Gasteiger partial charge in [0.15, 0.2) is 0 Å². The van der Waals surface area contributed by atoms with Crippen LogP contribution < -0.4 is 10.1 Å². The predicted octanol–water partition coefficient (Wildman–Crippen LogP) is 5.59. The Morgan fingerprint density at radius 3 is 2.92 bits per heavy atom. The molecule has 1 heterocycles. The first kappa shape index (κ1) is 17.9. The van der Waals surface area contributed by atoms with Crippen LogP contribution >= 0.6 is 22.9 Å². The number of aromatic nitrogens is 1. The van der Waals surface area contributed by atoms with Gasteiger partial charge >= 0.3 is 0 Å². The first-order chi connectivity index (χ1) is 12.6. The number of benzene rings is 2. The minimum absolute atomic E-state index is 0.0106. The van der Waals surface area contributed by atoms with Crippen molar-refractivity contribution in [1.82, 2.24) is 4.98 Å². The van der Waals surface area contributed by atoms with Crippen molar-refractivity contribution in [2.45, 2.75) is 0 Å². The van der Waals surface area contributed by atoms with E-state index in [1.165, 1.54) is 35.7 Å². The average Bonchev–Trinajstić information content (AvgIpc) is 3.15. The monoisotopic (exact) mass is 385 g/mol. The number of nitriles is 1. The zero-order chi connectivity index (χ0) is 18.5. The van der Waals surface area contributed by atoms with Crippen LogP contribution in [0.25, 0.3) is 16.8 Å². The Hall–Kier alpha value is -2.88. The second-order valence-corrected chi connectivity index (χ2v) is 6.48. The Morgan fingerprint density at radius 2 is 2.19 bits per heavy atom. The Balaban J connectivity index is 1.83. The van der Waals surface area contributed by atoms with Crippen molar-refractivity contribution >= 4 is 34.2 Å². The summed E-state index contributed by atoms with van der Waals surface area (Å²) in [5.74, 6) is 0.243. The average molecular weight is 386 g/mol. The summed E-state index contributed by atoms with van der Waals surface area (Å²) < 4.78 is 18.4. The van der Waals surface area contributed by atoms with Gasteiger partial charge in [0.1, 0.15) is 28.2 Å². The fraction of sp³-hybridized carbons (Fsp3) is 0.0526. The molecule has 7 heteroatoms. The molecule has 0 fully saturated rings. The molecule has 0 aliphatic rings. The Labute approximate surface area is 159 Å². The van der Waals surface area contributed by atoms with Crippen molar-refractivity contribution in [3.8, 4) is 23.1 Å². The maximum absolute atomic E-state index is 13.2. The van der Waals surface area contributed by atoms with Crippen LogP contribution in [0.15, 0.2) is 54.0 Å². The second kappa shape index (κ2) is 8.00. The molecule has 4 nitrogen and oxygen atoms in total. The summed E-state index contributed by atoms with van der Waals surface area (Å²) in [7, 11) is 1.61. The first-order valence-corrected chi connectivity index (χ1v) is 8.78. The number of ether oxygens (including phenoxy) is 1. The maximum atomic E-state index is 13.2. The molecule has 0 unspecified atom stereocenters. The number of halogens is 2. The quantitative estimate of drug-likeness (QED) is 0.582. The standard InChI is InChI=1S/C19H13ClFN3OS/c1-25-15-4-2-3-12(7-15)18-11-26-19(24-18)13(9-22)10-23-14-5-6-17(21)16(20)8-14/h2-8,10-11,23H,1H3/b13-10+. The third-order valence-electron chi connectivity index (χ3n) is 3.52. The van der Waals surface area contributed by atoms with Crippen molar-refractivity contribution in [2.75, 3.05) is 12.4 Å². The van der Waals surface area contributed by atoms with Gasteiger partial charge in [-0.3, -0.25) is 0 Å². The summed E-state index contributed by atoms with van der Waals surface area (Å²) in [5.41, 5.74) is 2.61. The smallest absolute Gasteiger partial charge is 0.141 e. The van der Waals surface area contributed by atoms with Gasteiger partial charge in [-0.25, -0.2) is 9.37 Å². The SMILES string of the molecule is COc1cccc(-c2csc(/C(C#N)=C/Nc3ccc(F)c(Cl)c3)n2)c1. The highest BCUT2D eigenvalue weighted by Crippen LogP contribution is 2.28. The van der Waals surface area contributed by atoms with Gasteiger partial charge in [-0.05, 0) is 30.3 Å². The highest BCUT2D eigenvalue weighted by molar-refractivity contribution is 7.11. The lowest BCUT2D eigenvalue weighted by molar-refractivity contribution is 0.415. The molecule has 0 radical (unpaired) electrons. The number of anilines is 1. The van der Waals surface area contributed by atoms with Gasteiger partial charge in [0.2, 0.25) is 0 Å². The molecule has 3 aromatic rings. The number of hydrogen-bond acceptors (Lipinski definition) is 5. The van der Waals surface area contributed by atoms with Crippen LogP contribution in [-0.4, -0.2) is 12.1 Å². The van der Waals surface area contributed by atoms with Crippen LogP contribution in [0.4, 0.5) is 10.1 Å². The fourth-order valence-electron chi connectivity index (χ4n) is 2.20. The molecule has 0 amide bonds. The molecule has 2 aromatic carbocycles. The molecule has 1 N–H and O–H groups in total. The summed E-state index contributed by atoms with van der Waals surface area (Å²) in [6.45, 7) is 0. The van der Waals surface area contributed by atoms with E-state index in [-0.39, 0.29) is 5.02 Å². The third-order valence-corrected chi connectivity index (χ3v) is 4.69. The van der Waals surface area contributed by atoms with Crippen LogP contribution in [0, 0.1) is 17.1 Å². The van der Waals surface area contributed by atoms with Gasteiger partial charge in [0.25, 0.3) is 0 Å². The third kappa shape index (κ3) is 4.02. The zero-order valence-electron chi connectivity index (χ0n) is 13.7. The molecule has 0 saturated heterocycles. The number of rotatable bonds is 5. The van der Waals surface area contributed by atoms with Crippen LogP contribution in [0.5, 0.6) is 5.75 Å². The van der Waals surface area contributed by atoms with Gasteiger partial charge < -0.3 is 10.1 Å². The van der Waals surface area contributed by atoms with Gasteiger partial charge in [-0.2, -0.15) is 5.26 Å². The van der Waals surface area contributed by atoms with Gasteiger partial charge in [0.05, 0.1) is 17.8 Å². The number of methoxy groups -OCH3 is 1. The van der Waals surface area contributed by atoms with E-state index in [0.29, 0.717) is 16.3 Å². The van der Waals surface area contributed by atoms with E-state index in [1.54, 1.807) is 7.11 Å². The Kier molecular flexibility index (Phi) is 5.52. The number of nitrogens with one attached hydrogen (secondary N) is 1. The van der Waals surface area contributed by atoms with Gasteiger partial charge in [-0.15, -0.1) is 11.3 Å². The van der Waals surface area contributed by atoms with E-state index in [1.807, 2.05) is 29.6 Å². The Morgan fingerprint density at radius 1 is 1.35 bits per heavy atom. The largest absolute Gasteiger partial charge is 0.497 e. The van der Waals surface area contributed by atoms with Crippen LogP contribution in [-0.2, 0) is 0 Å². The van der Waals surface area contributed by atoms with E-state index in [9.17, 15) is 9.65 Å². The van der Waals surface area contributed by atoms with E-state index >= 15 is 0 Å². The van der Waals surface area contributed by atoms with Crippen molar-refractivity contribution in [2.24, 2.45) is 0 Å². The molecule has 26 heavy (non-hydrogen) atoms. The number of hydrogen-bond donors (Lipinski definition) is 1. The summed E-state index contributed by atoms with van der Waals surface area (Å²) in [6, 6.07) is 13.9. The molecule has 0 aliphatic carbocycles. The summed E-state index contributed by atoms with van der Waals surface area (Å²) in [6.07, 6.45) is 1.53. The van der Waals surface area contributed by atoms with Crippen LogP contribution in [0.1, 0.15) is 5.01 Å². The second-order valence-electron chi connectivity index (χ2n) is 5.21. The van der Waals surface area contributed by atoms with E-state index < -0.39 is 5.82 Å². The summed E-state index contributed by atoms with van der Waals surface area (Å²) in [4.78, 5) is 4.52. The van der Waals surface area contributed by atoms with Crippen molar-refractivity contribution in [1.29, 1.82) is 5.26 Å². The number of allylic oxidation sites excluding steroid dienone is 1. The maximum Gasteiger partial charge on any atom is 0.141 e. The van der Waals surface area contributed by atoms with Crippen molar-refractivity contribution in [3.05, 3.63) is 69.9 Å². The first-order valence-electron chi connectivity index (χ1n) is 7.53. The van der Waals surface area contributed by atoms with Crippen LogP contribution in [0.3, 0.4) is 0 Å². The topological polar surface area (TPSA) is 57.9 Å². The predicted molar refractivity (Wildman–Crippen MR) is 103 cm³/mol. The summed E-state index contributed by atoms with van der Waals surface area (Å²) >= 11 is 7.12. The molecule has 3 rings (SSSR count). The molecule has 0 bridgehead atoms. The van der Waals surface area contributed by atoms with Crippen molar-refractivity contribution in [3.63, 3.8) is 0 Å². The van der Waals surface area contributed by atoms with Crippen molar-refractivity contribution < 1.29 is 9.13 Å². The number of thiazole rings is 1. The van der Waals surface area contributed by atoms with E-state index in [2.05, 4.69) is 16.4 Å². The lowest BCUT2D eigenvalue weighted by atomic mass is 10.1. The molecule has 0 saturated carbocycles. The lowest BCUT2D eigenvalue weighted by Gasteiger charge is -2.03. The zero-order valence-corrected chi connectivity index (χ0v) is 15.2. The van der Waals surface area contributed by atoms with Crippen LogP contribution in [0.2, 0.25) is 5.02 Å². The van der Waals surface area contributed by atoms with Gasteiger partial charge in [-0.1, -0.05) is 23.7 Å². The molecular weight excluding hydrogens is 373 g/mol. The van der Waals surface area contributed by atoms with E-state index in [4.69, 9.17) is 16.3 Å². The summed E-state index contributed by atoms with van der Waals surface area (Å²) in [5, 5.41) is 14.8. The molecule has 0 aliphatic heterocycles. The van der Waals surface area contributed by atoms with E-state index in [0.717, 1.165) is 17.0 Å². The highest BCUT2D eigenvalue weighted by Gasteiger charge is 2.10. The minimum atomic E-state index is -0.496. The number of nitrogens with zero attached hydrogens (tertiary/aromatic N) is 2. The fourth-order valence-corrected chi connectivity index (χ4v) is 3.17.